The molecule has 0 saturated carbocycles. The van der Waals surface area contributed by atoms with Gasteiger partial charge < -0.3 is 4.74 Å². The van der Waals surface area contributed by atoms with Crippen LogP contribution in [0.5, 0.6) is 0 Å². The Bertz CT molecular complexity index is 784. The number of ether oxygens (including phenoxy) is 1. The van der Waals surface area contributed by atoms with Crippen molar-refractivity contribution < 1.29 is 9.53 Å². The summed E-state index contributed by atoms with van der Waals surface area (Å²) in [6.45, 7) is 1.97. The van der Waals surface area contributed by atoms with Crippen molar-refractivity contribution in [3.8, 4) is 11.4 Å². The topological polar surface area (TPSA) is 65.0 Å². The van der Waals surface area contributed by atoms with Crippen LogP contribution >= 0.6 is 11.5 Å². The van der Waals surface area contributed by atoms with Crippen molar-refractivity contribution in [3.63, 3.8) is 0 Å². The summed E-state index contributed by atoms with van der Waals surface area (Å²) < 4.78 is 9.78. The fourth-order valence-corrected chi connectivity index (χ4v) is 2.72. The van der Waals surface area contributed by atoms with Crippen LogP contribution in [0.4, 0.5) is 0 Å². The highest BCUT2D eigenvalue weighted by atomic mass is 32.1. The maximum absolute atomic E-state index is 11.7. The lowest BCUT2D eigenvalue weighted by Crippen LogP contribution is -2.02. The minimum atomic E-state index is -0.471. The highest BCUT2D eigenvalue weighted by Crippen LogP contribution is 2.28. The molecule has 3 heterocycles. The van der Waals surface area contributed by atoms with Gasteiger partial charge in [-0.2, -0.15) is 4.37 Å². The van der Waals surface area contributed by atoms with Crippen molar-refractivity contribution >= 4 is 27.7 Å². The molecule has 0 aliphatic heterocycles. The monoisotopic (exact) mass is 285 g/mol. The number of fused-ring (bicyclic) bond motifs is 1. The second-order valence-corrected chi connectivity index (χ2v) is 5.01. The predicted molar refractivity (Wildman–Crippen MR) is 76.7 cm³/mol. The normalized spacial score (nSPS) is 10.7. The fourth-order valence-electron chi connectivity index (χ4n) is 1.95. The minimum Gasteiger partial charge on any atom is -0.464 e. The van der Waals surface area contributed by atoms with Crippen LogP contribution in [-0.2, 0) is 4.74 Å². The summed E-state index contributed by atoms with van der Waals surface area (Å²) >= 11 is 1.25. The van der Waals surface area contributed by atoms with Crippen LogP contribution in [0.25, 0.3) is 21.6 Å². The maximum Gasteiger partial charge on any atom is 0.360 e. The zero-order chi connectivity index (χ0) is 14.1. The molecule has 6 heteroatoms. The van der Waals surface area contributed by atoms with Crippen molar-refractivity contribution in [2.45, 2.75) is 6.92 Å². The van der Waals surface area contributed by atoms with E-state index in [0.717, 1.165) is 21.7 Å². The molecule has 3 aromatic rings. The molecule has 0 radical (unpaired) electrons. The quantitative estimate of drug-likeness (QED) is 0.677. The molecule has 0 saturated heterocycles. The molecule has 0 bridgehead atoms. The second-order valence-electron chi connectivity index (χ2n) is 4.24. The van der Waals surface area contributed by atoms with Crippen LogP contribution < -0.4 is 0 Å². The number of rotatable bonds is 2. The molecule has 0 N–H and O–H groups in total. The molecular weight excluding hydrogens is 274 g/mol. The Labute approximate surface area is 119 Å². The third-order valence-electron chi connectivity index (χ3n) is 2.92. The lowest BCUT2D eigenvalue weighted by Gasteiger charge is -2.03. The minimum absolute atomic E-state index is 0.258. The van der Waals surface area contributed by atoms with Crippen LogP contribution in [0.2, 0.25) is 0 Å². The Morgan fingerprint density at radius 3 is 2.85 bits per heavy atom. The van der Waals surface area contributed by atoms with E-state index in [1.165, 1.54) is 18.6 Å². The number of esters is 1. The summed E-state index contributed by atoms with van der Waals surface area (Å²) in [6, 6.07) is 7.58. The van der Waals surface area contributed by atoms with Crippen LogP contribution in [0.3, 0.4) is 0 Å². The third kappa shape index (κ3) is 2.04. The molecule has 0 atom stereocenters. The Balaban J connectivity index is 2.24. The molecule has 0 aliphatic carbocycles. The molecule has 0 aliphatic rings. The van der Waals surface area contributed by atoms with Gasteiger partial charge in [0.1, 0.15) is 5.52 Å². The molecule has 0 unspecified atom stereocenters. The van der Waals surface area contributed by atoms with E-state index >= 15 is 0 Å². The largest absolute Gasteiger partial charge is 0.464 e. The number of carbonyl (C=O) groups is 1. The summed E-state index contributed by atoms with van der Waals surface area (Å²) in [6.07, 6.45) is 1.71. The molecule has 3 rings (SSSR count). The lowest BCUT2D eigenvalue weighted by molar-refractivity contribution is 0.0597. The predicted octanol–water partition coefficient (Wildman–Crippen LogP) is 2.85. The van der Waals surface area contributed by atoms with Crippen molar-refractivity contribution in [2.24, 2.45) is 0 Å². The van der Waals surface area contributed by atoms with Gasteiger partial charge in [-0.15, -0.1) is 0 Å². The van der Waals surface area contributed by atoms with Crippen LogP contribution in [0.1, 0.15) is 16.1 Å². The van der Waals surface area contributed by atoms with E-state index in [-0.39, 0.29) is 5.69 Å². The number of aromatic nitrogens is 3. The van der Waals surface area contributed by atoms with E-state index < -0.39 is 5.97 Å². The molecule has 0 aromatic carbocycles. The van der Waals surface area contributed by atoms with Gasteiger partial charge in [-0.05, 0) is 42.2 Å². The third-order valence-corrected chi connectivity index (χ3v) is 3.89. The summed E-state index contributed by atoms with van der Waals surface area (Å²) in [5, 5.41) is 0. The summed E-state index contributed by atoms with van der Waals surface area (Å²) in [5.74, 6) is -0.471. The SMILES string of the molecule is COC(=O)c1nsc2c(C)cc(-c3ccccn3)nc12. The number of aryl methyl sites for hydroxylation is 1. The van der Waals surface area contributed by atoms with Crippen LogP contribution in [0, 0.1) is 6.92 Å². The lowest BCUT2D eigenvalue weighted by atomic mass is 10.1. The van der Waals surface area contributed by atoms with Crippen molar-refractivity contribution in [3.05, 3.63) is 41.7 Å². The fraction of sp³-hybridized carbons (Fsp3) is 0.143. The average molecular weight is 285 g/mol. The summed E-state index contributed by atoms with van der Waals surface area (Å²) in [7, 11) is 1.34. The first-order valence-electron chi connectivity index (χ1n) is 5.97. The van der Waals surface area contributed by atoms with Gasteiger partial charge in [0.25, 0.3) is 0 Å². The molecule has 0 amide bonds. The molecular formula is C14H11N3O2S. The Morgan fingerprint density at radius 1 is 1.30 bits per heavy atom. The molecule has 20 heavy (non-hydrogen) atoms. The van der Waals surface area contributed by atoms with Crippen LogP contribution in [-0.4, -0.2) is 27.4 Å². The van der Waals surface area contributed by atoms with E-state index in [4.69, 9.17) is 4.74 Å². The average Bonchev–Trinajstić information content (AvgIpc) is 2.92. The van der Waals surface area contributed by atoms with Crippen molar-refractivity contribution in [1.82, 2.24) is 14.3 Å². The van der Waals surface area contributed by atoms with Crippen LogP contribution in [0.15, 0.2) is 30.5 Å². The smallest absolute Gasteiger partial charge is 0.360 e. The molecule has 0 spiro atoms. The number of carbonyl (C=O) groups excluding carboxylic acids is 1. The van der Waals surface area contributed by atoms with Gasteiger partial charge in [-0.25, -0.2) is 9.78 Å². The van der Waals surface area contributed by atoms with E-state index in [2.05, 4.69) is 14.3 Å². The standard InChI is InChI=1S/C14H11N3O2S/c1-8-7-10(9-5-3-4-6-15-9)16-11-12(14(18)19-2)17-20-13(8)11/h3-7H,1-2H3. The Morgan fingerprint density at radius 2 is 2.15 bits per heavy atom. The van der Waals surface area contributed by atoms with Crippen molar-refractivity contribution in [1.29, 1.82) is 0 Å². The first-order valence-corrected chi connectivity index (χ1v) is 6.75. The van der Waals surface area contributed by atoms with Gasteiger partial charge in [0, 0.05) is 6.20 Å². The number of pyridine rings is 2. The first-order chi connectivity index (χ1) is 9.70. The van der Waals surface area contributed by atoms with Crippen molar-refractivity contribution in [2.75, 3.05) is 7.11 Å². The Hall–Kier alpha value is -2.34. The zero-order valence-corrected chi connectivity index (χ0v) is 11.8. The number of nitrogens with zero attached hydrogens (tertiary/aromatic N) is 3. The molecule has 0 fully saturated rings. The molecule has 5 nitrogen and oxygen atoms in total. The highest BCUT2D eigenvalue weighted by molar-refractivity contribution is 7.13. The molecule has 3 aromatic heterocycles. The van der Waals surface area contributed by atoms with Gasteiger partial charge >= 0.3 is 5.97 Å². The van der Waals surface area contributed by atoms with E-state index in [9.17, 15) is 4.79 Å². The van der Waals surface area contributed by atoms with E-state index in [1.807, 2.05) is 31.2 Å². The molecule has 100 valence electrons. The summed E-state index contributed by atoms with van der Waals surface area (Å²) in [5.41, 5.74) is 3.33. The van der Waals surface area contributed by atoms with Gasteiger partial charge in [0.15, 0.2) is 5.69 Å². The van der Waals surface area contributed by atoms with Gasteiger partial charge in [-0.1, -0.05) is 6.07 Å². The summed E-state index contributed by atoms with van der Waals surface area (Å²) in [4.78, 5) is 20.5. The van der Waals surface area contributed by atoms with Gasteiger partial charge in [0.2, 0.25) is 0 Å². The number of methoxy groups -OCH3 is 1. The van der Waals surface area contributed by atoms with Gasteiger partial charge in [0.05, 0.1) is 23.2 Å². The highest BCUT2D eigenvalue weighted by Gasteiger charge is 2.18. The maximum atomic E-state index is 11.7. The van der Waals surface area contributed by atoms with Gasteiger partial charge in [-0.3, -0.25) is 4.98 Å². The van der Waals surface area contributed by atoms with E-state index in [0.29, 0.717) is 5.52 Å². The first kappa shape index (κ1) is 12.7. The number of hydrogen-bond acceptors (Lipinski definition) is 6. The van der Waals surface area contributed by atoms with E-state index in [1.54, 1.807) is 6.20 Å². The zero-order valence-electron chi connectivity index (χ0n) is 11.0. The Kier molecular flexibility index (Phi) is 3.15. The number of hydrogen-bond donors (Lipinski definition) is 0. The second kappa shape index (κ2) is 4.97.